The number of rotatable bonds is 5. The lowest BCUT2D eigenvalue weighted by atomic mass is 10.2. The van der Waals surface area contributed by atoms with Gasteiger partial charge in [0.05, 0.1) is 17.9 Å². The second-order valence-electron chi connectivity index (χ2n) is 7.66. The smallest absolute Gasteiger partial charge is 0.257 e. The van der Waals surface area contributed by atoms with Gasteiger partial charge in [0, 0.05) is 37.2 Å². The summed E-state index contributed by atoms with van der Waals surface area (Å²) in [5.74, 6) is 0.265. The summed E-state index contributed by atoms with van der Waals surface area (Å²) in [7, 11) is 1.77. The first kappa shape index (κ1) is 18.5. The maximum Gasteiger partial charge on any atom is 0.257 e. The molecule has 0 saturated heterocycles. The maximum atomic E-state index is 13.2. The normalized spacial score (nSPS) is 18.3. The molecule has 0 spiro atoms. The summed E-state index contributed by atoms with van der Waals surface area (Å²) in [6, 6.07) is 5.33. The highest BCUT2D eigenvalue weighted by Crippen LogP contribution is 2.30. The van der Waals surface area contributed by atoms with Crippen LogP contribution in [0.3, 0.4) is 0 Å². The molecule has 0 aliphatic heterocycles. The van der Waals surface area contributed by atoms with E-state index in [1.54, 1.807) is 17.8 Å². The van der Waals surface area contributed by atoms with Crippen LogP contribution in [0.5, 0.6) is 0 Å². The molecule has 0 radical (unpaired) electrons. The van der Waals surface area contributed by atoms with Gasteiger partial charge in [-0.25, -0.2) is 19.0 Å². The topological polar surface area (TPSA) is 102 Å². The van der Waals surface area contributed by atoms with Crippen molar-refractivity contribution in [2.45, 2.75) is 38.5 Å². The summed E-state index contributed by atoms with van der Waals surface area (Å²) < 4.78 is 16.6. The Hall–Kier alpha value is -3.56. The second-order valence-corrected chi connectivity index (χ2v) is 7.66. The summed E-state index contributed by atoms with van der Waals surface area (Å²) in [5.41, 5.74) is 2.70. The fraction of sp³-hybridized carbons (Fsp3) is 0.350. The minimum atomic E-state index is -0.981. The average Bonchev–Trinajstić information content (AvgIpc) is 3.14. The van der Waals surface area contributed by atoms with E-state index in [-0.39, 0.29) is 17.5 Å². The van der Waals surface area contributed by atoms with Crippen LogP contribution in [0.1, 0.15) is 36.7 Å². The largest absolute Gasteiger partial charge is 0.373 e. The van der Waals surface area contributed by atoms with Crippen LogP contribution < -0.4 is 10.6 Å². The highest BCUT2D eigenvalue weighted by atomic mass is 19.1. The minimum absolute atomic E-state index is 0.118. The van der Waals surface area contributed by atoms with Crippen molar-refractivity contribution < 1.29 is 9.18 Å². The van der Waals surface area contributed by atoms with Crippen molar-refractivity contribution >= 4 is 28.4 Å². The van der Waals surface area contributed by atoms with Gasteiger partial charge in [0.15, 0.2) is 11.3 Å². The Labute approximate surface area is 171 Å². The standard InChI is InChI=1S/C20H21FN8O/c1-10(2)28-18-11(5-4-6-23-18)17(27-28)15-8-16(22-3)29-19(25-15)12(9-24-29)20(30)26-14-7-13(14)21/h4-6,8-10,13-14,22H,7H2,1-3H3,(H,26,30)/t13-,14+/m1/s1. The molecule has 154 valence electrons. The van der Waals surface area contributed by atoms with E-state index in [1.165, 1.54) is 6.20 Å². The molecule has 1 amide bonds. The van der Waals surface area contributed by atoms with Crippen LogP contribution in [0.4, 0.5) is 10.2 Å². The average molecular weight is 408 g/mol. The third-order valence-corrected chi connectivity index (χ3v) is 5.20. The Bertz CT molecular complexity index is 1280. The zero-order chi connectivity index (χ0) is 21.0. The summed E-state index contributed by atoms with van der Waals surface area (Å²) in [4.78, 5) is 21.8. The van der Waals surface area contributed by atoms with Crippen molar-refractivity contribution in [3.05, 3.63) is 36.2 Å². The van der Waals surface area contributed by atoms with Gasteiger partial charge in [-0.3, -0.25) is 4.79 Å². The number of halogens is 1. The van der Waals surface area contributed by atoms with Crippen LogP contribution in [-0.2, 0) is 0 Å². The van der Waals surface area contributed by atoms with E-state index in [0.717, 1.165) is 11.0 Å². The molecule has 1 fully saturated rings. The Kier molecular flexibility index (Phi) is 4.16. The zero-order valence-corrected chi connectivity index (χ0v) is 16.8. The van der Waals surface area contributed by atoms with Gasteiger partial charge in [0.1, 0.15) is 23.2 Å². The third-order valence-electron chi connectivity index (χ3n) is 5.20. The number of anilines is 1. The molecule has 5 rings (SSSR count). The number of amides is 1. The fourth-order valence-electron chi connectivity index (χ4n) is 3.50. The van der Waals surface area contributed by atoms with E-state index in [9.17, 15) is 9.18 Å². The van der Waals surface area contributed by atoms with Gasteiger partial charge in [-0.1, -0.05) is 0 Å². The van der Waals surface area contributed by atoms with Crippen LogP contribution in [0.2, 0.25) is 0 Å². The lowest BCUT2D eigenvalue weighted by molar-refractivity contribution is 0.0949. The van der Waals surface area contributed by atoms with Gasteiger partial charge >= 0.3 is 0 Å². The summed E-state index contributed by atoms with van der Waals surface area (Å²) in [5, 5.41) is 15.7. The van der Waals surface area contributed by atoms with Crippen molar-refractivity contribution in [3.63, 3.8) is 0 Å². The van der Waals surface area contributed by atoms with Gasteiger partial charge in [0.25, 0.3) is 5.91 Å². The number of fused-ring (bicyclic) bond motifs is 2. The molecule has 4 aromatic rings. The molecule has 1 aliphatic carbocycles. The summed E-state index contributed by atoms with van der Waals surface area (Å²) in [6.07, 6.45) is 2.55. The number of nitrogens with zero attached hydrogens (tertiary/aromatic N) is 6. The molecule has 0 unspecified atom stereocenters. The van der Waals surface area contributed by atoms with E-state index in [2.05, 4.69) is 20.7 Å². The number of hydrogen-bond donors (Lipinski definition) is 2. The van der Waals surface area contributed by atoms with Crippen LogP contribution in [0.15, 0.2) is 30.6 Å². The Morgan fingerprint density at radius 3 is 2.83 bits per heavy atom. The molecule has 4 aromatic heterocycles. The highest BCUT2D eigenvalue weighted by molar-refractivity contribution is 6.01. The molecular formula is C20H21FN8O. The van der Waals surface area contributed by atoms with Crippen LogP contribution in [-0.4, -0.2) is 54.5 Å². The van der Waals surface area contributed by atoms with E-state index in [0.29, 0.717) is 29.3 Å². The predicted molar refractivity (Wildman–Crippen MR) is 110 cm³/mol. The molecule has 30 heavy (non-hydrogen) atoms. The van der Waals surface area contributed by atoms with Crippen molar-refractivity contribution in [1.82, 2.24) is 34.7 Å². The number of hydrogen-bond acceptors (Lipinski definition) is 6. The first-order valence-electron chi connectivity index (χ1n) is 9.83. The van der Waals surface area contributed by atoms with Crippen molar-refractivity contribution in [2.75, 3.05) is 12.4 Å². The van der Waals surface area contributed by atoms with E-state index in [4.69, 9.17) is 10.1 Å². The summed E-state index contributed by atoms with van der Waals surface area (Å²) >= 11 is 0. The molecule has 0 bridgehead atoms. The fourth-order valence-corrected chi connectivity index (χ4v) is 3.50. The molecular weight excluding hydrogens is 387 g/mol. The van der Waals surface area contributed by atoms with Crippen molar-refractivity contribution in [2.24, 2.45) is 0 Å². The first-order valence-corrected chi connectivity index (χ1v) is 9.83. The number of aromatic nitrogens is 6. The first-order chi connectivity index (χ1) is 14.5. The predicted octanol–water partition coefficient (Wildman–Crippen LogP) is 2.60. The van der Waals surface area contributed by atoms with Crippen LogP contribution >= 0.6 is 0 Å². The van der Waals surface area contributed by atoms with Gasteiger partial charge in [0.2, 0.25) is 0 Å². The SMILES string of the molecule is CNc1cc(-c2nn(C(C)C)c3ncccc23)nc2c(C(=O)N[C@H]3C[C@H]3F)cnn12. The number of alkyl halides is 1. The molecule has 0 aromatic carbocycles. The van der Waals surface area contributed by atoms with Gasteiger partial charge < -0.3 is 10.6 Å². The molecule has 9 nitrogen and oxygen atoms in total. The van der Waals surface area contributed by atoms with E-state index in [1.807, 2.05) is 36.7 Å². The van der Waals surface area contributed by atoms with Crippen molar-refractivity contribution in [3.8, 4) is 11.4 Å². The van der Waals surface area contributed by atoms with Gasteiger partial charge in [-0.2, -0.15) is 14.7 Å². The number of pyridine rings is 1. The maximum absolute atomic E-state index is 13.2. The Morgan fingerprint density at radius 1 is 1.33 bits per heavy atom. The molecule has 2 N–H and O–H groups in total. The Balaban J connectivity index is 1.68. The minimum Gasteiger partial charge on any atom is -0.373 e. The lowest BCUT2D eigenvalue weighted by Crippen LogP contribution is -2.27. The second kappa shape index (κ2) is 6.75. The van der Waals surface area contributed by atoms with E-state index >= 15 is 0 Å². The molecule has 10 heteroatoms. The van der Waals surface area contributed by atoms with Crippen LogP contribution in [0.25, 0.3) is 28.1 Å². The van der Waals surface area contributed by atoms with E-state index < -0.39 is 12.2 Å². The molecule has 2 atom stereocenters. The highest BCUT2D eigenvalue weighted by Gasteiger charge is 2.39. The number of carbonyl (C=O) groups is 1. The third kappa shape index (κ3) is 2.87. The molecule has 1 saturated carbocycles. The Morgan fingerprint density at radius 2 is 2.13 bits per heavy atom. The number of carbonyl (C=O) groups excluding carboxylic acids is 1. The quantitative estimate of drug-likeness (QED) is 0.526. The van der Waals surface area contributed by atoms with Gasteiger partial charge in [-0.05, 0) is 26.0 Å². The zero-order valence-electron chi connectivity index (χ0n) is 16.8. The van der Waals surface area contributed by atoms with Crippen molar-refractivity contribution in [1.29, 1.82) is 0 Å². The van der Waals surface area contributed by atoms with Gasteiger partial charge in [-0.15, -0.1) is 0 Å². The summed E-state index contributed by atoms with van der Waals surface area (Å²) in [6.45, 7) is 4.08. The molecule has 1 aliphatic rings. The lowest BCUT2D eigenvalue weighted by Gasteiger charge is -2.08. The number of nitrogens with one attached hydrogen (secondary N) is 2. The van der Waals surface area contributed by atoms with Crippen LogP contribution in [0, 0.1) is 0 Å². The molecule has 4 heterocycles. The monoisotopic (exact) mass is 408 g/mol.